The van der Waals surface area contributed by atoms with Gasteiger partial charge in [-0.15, -0.1) is 11.3 Å². The summed E-state index contributed by atoms with van der Waals surface area (Å²) in [6, 6.07) is 11.2. The van der Waals surface area contributed by atoms with Gasteiger partial charge in [0.1, 0.15) is 19.2 Å². The number of nitrogens with one attached hydrogen (secondary N) is 2. The molecule has 1 amide bonds. The average Bonchev–Trinajstić information content (AvgIpc) is 3.29. The normalized spacial score (nSPS) is 17.8. The Morgan fingerprint density at radius 2 is 2.19 bits per heavy atom. The van der Waals surface area contributed by atoms with Gasteiger partial charge < -0.3 is 15.0 Å². The van der Waals surface area contributed by atoms with Crippen LogP contribution < -0.4 is 10.2 Å². The van der Waals surface area contributed by atoms with Crippen molar-refractivity contribution in [3.63, 3.8) is 0 Å². The van der Waals surface area contributed by atoms with Gasteiger partial charge in [0, 0.05) is 17.9 Å². The predicted molar refractivity (Wildman–Crippen MR) is 103 cm³/mol. The van der Waals surface area contributed by atoms with Gasteiger partial charge in [0.15, 0.2) is 12.3 Å². The van der Waals surface area contributed by atoms with Crippen LogP contribution in [0.15, 0.2) is 41.8 Å². The molecule has 1 saturated heterocycles. The van der Waals surface area contributed by atoms with Crippen LogP contribution in [0, 0.1) is 0 Å². The number of thiophene rings is 1. The molecule has 1 fully saturated rings. The summed E-state index contributed by atoms with van der Waals surface area (Å²) in [4.78, 5) is 26.5. The number of carbonyl (C=O) groups excluding carboxylic acids is 2. The van der Waals surface area contributed by atoms with Crippen LogP contribution in [0.3, 0.4) is 0 Å². The zero-order valence-electron chi connectivity index (χ0n) is 15.0. The second-order valence-corrected chi connectivity index (χ2v) is 7.74. The van der Waals surface area contributed by atoms with Crippen LogP contribution in [0.2, 0.25) is 0 Å². The lowest BCUT2D eigenvalue weighted by molar-refractivity contribution is -0.908. The molecule has 2 heterocycles. The Labute approximate surface area is 158 Å². The molecule has 138 valence electrons. The predicted octanol–water partition coefficient (Wildman–Crippen LogP) is 2.15. The van der Waals surface area contributed by atoms with Crippen LogP contribution in [0.25, 0.3) is 0 Å². The van der Waals surface area contributed by atoms with Gasteiger partial charge in [0.2, 0.25) is 0 Å². The van der Waals surface area contributed by atoms with Crippen molar-refractivity contribution < 1.29 is 19.2 Å². The molecule has 2 N–H and O–H groups in total. The fourth-order valence-corrected chi connectivity index (χ4v) is 4.02. The molecule has 0 bridgehead atoms. The number of amides is 1. The first kappa shape index (κ1) is 18.8. The van der Waals surface area contributed by atoms with Crippen molar-refractivity contribution in [3.8, 4) is 0 Å². The molecule has 1 aliphatic rings. The standard InChI is InChI=1S/C20H24N2O3S/c1-15(23)16-5-2-6-17(11-16)21-20(24)14-22(12-18-7-3-9-25-18)13-19-8-4-10-26-19/h2,4-6,8,10-11,18H,3,7,9,12-14H2,1H3,(H,21,24)/p+1/t18-/m1/s1. The minimum absolute atomic E-state index is 0.00979. The molecular weight excluding hydrogens is 348 g/mol. The summed E-state index contributed by atoms with van der Waals surface area (Å²) in [5.41, 5.74) is 1.26. The maximum Gasteiger partial charge on any atom is 0.279 e. The Bertz CT molecular complexity index is 739. The van der Waals surface area contributed by atoms with E-state index >= 15 is 0 Å². The molecule has 2 atom stereocenters. The maximum absolute atomic E-state index is 12.6. The van der Waals surface area contributed by atoms with Gasteiger partial charge >= 0.3 is 0 Å². The number of rotatable bonds is 8. The molecule has 1 unspecified atom stereocenters. The molecule has 6 heteroatoms. The van der Waals surface area contributed by atoms with E-state index in [0.29, 0.717) is 17.8 Å². The Morgan fingerprint density at radius 3 is 2.88 bits per heavy atom. The van der Waals surface area contributed by atoms with E-state index < -0.39 is 0 Å². The van der Waals surface area contributed by atoms with E-state index in [9.17, 15) is 9.59 Å². The van der Waals surface area contributed by atoms with Gasteiger partial charge in [-0.25, -0.2) is 0 Å². The van der Waals surface area contributed by atoms with Gasteiger partial charge in [-0.05, 0) is 43.3 Å². The number of ketones is 1. The van der Waals surface area contributed by atoms with E-state index in [1.165, 1.54) is 16.7 Å². The molecular formula is C20H25N2O3S+. The summed E-state index contributed by atoms with van der Waals surface area (Å²) in [5, 5.41) is 4.98. The van der Waals surface area contributed by atoms with Crippen LogP contribution >= 0.6 is 11.3 Å². The highest BCUT2D eigenvalue weighted by Gasteiger charge is 2.24. The number of ether oxygens (including phenoxy) is 1. The average molecular weight is 373 g/mol. The molecule has 0 radical (unpaired) electrons. The molecule has 3 rings (SSSR count). The van der Waals surface area contributed by atoms with Crippen molar-refractivity contribution in [2.24, 2.45) is 0 Å². The first-order chi connectivity index (χ1) is 12.6. The Balaban J connectivity index is 1.62. The zero-order chi connectivity index (χ0) is 18.4. The second-order valence-electron chi connectivity index (χ2n) is 6.71. The summed E-state index contributed by atoms with van der Waals surface area (Å²) in [6.45, 7) is 4.37. The van der Waals surface area contributed by atoms with Crippen molar-refractivity contribution in [1.29, 1.82) is 0 Å². The molecule has 1 aromatic carbocycles. The van der Waals surface area contributed by atoms with E-state index in [1.807, 2.05) is 12.1 Å². The van der Waals surface area contributed by atoms with E-state index in [1.54, 1.807) is 29.5 Å². The van der Waals surface area contributed by atoms with Gasteiger partial charge in [-0.3, -0.25) is 9.59 Å². The van der Waals surface area contributed by atoms with Crippen LogP contribution in [0.1, 0.15) is 35.0 Å². The fourth-order valence-electron chi connectivity index (χ4n) is 3.24. The molecule has 1 aliphatic heterocycles. The van der Waals surface area contributed by atoms with Crippen LogP contribution in [0.5, 0.6) is 0 Å². The van der Waals surface area contributed by atoms with E-state index in [4.69, 9.17) is 4.74 Å². The minimum Gasteiger partial charge on any atom is -0.372 e. The SMILES string of the molecule is CC(=O)c1cccc(NC(=O)C[NH+](Cc2cccs2)C[C@H]2CCCO2)c1. The first-order valence-corrected chi connectivity index (χ1v) is 9.86. The highest BCUT2D eigenvalue weighted by Crippen LogP contribution is 2.12. The number of benzene rings is 1. The third kappa shape index (κ3) is 5.49. The largest absolute Gasteiger partial charge is 0.372 e. The fraction of sp³-hybridized carbons (Fsp3) is 0.400. The van der Waals surface area contributed by atoms with Gasteiger partial charge in [-0.1, -0.05) is 18.2 Å². The lowest BCUT2D eigenvalue weighted by atomic mass is 10.1. The maximum atomic E-state index is 12.6. The van der Waals surface area contributed by atoms with Crippen molar-refractivity contribution in [2.75, 3.05) is 25.0 Å². The summed E-state index contributed by atoms with van der Waals surface area (Å²) in [6.07, 6.45) is 2.40. The van der Waals surface area contributed by atoms with Crippen LogP contribution in [0.4, 0.5) is 5.69 Å². The van der Waals surface area contributed by atoms with E-state index in [2.05, 4.69) is 16.8 Å². The molecule has 5 nitrogen and oxygen atoms in total. The Hall–Kier alpha value is -2.02. The Kier molecular flexibility index (Phi) is 6.55. The highest BCUT2D eigenvalue weighted by molar-refractivity contribution is 7.09. The summed E-state index contributed by atoms with van der Waals surface area (Å²) in [7, 11) is 0. The lowest BCUT2D eigenvalue weighted by Crippen LogP contribution is -3.12. The van der Waals surface area contributed by atoms with Crippen LogP contribution in [-0.4, -0.2) is 37.5 Å². The number of hydrogen-bond acceptors (Lipinski definition) is 4. The third-order valence-electron chi connectivity index (χ3n) is 4.51. The van der Waals surface area contributed by atoms with Gasteiger partial charge in [0.25, 0.3) is 5.91 Å². The lowest BCUT2D eigenvalue weighted by Gasteiger charge is -2.21. The quantitative estimate of drug-likeness (QED) is 0.697. The zero-order valence-corrected chi connectivity index (χ0v) is 15.8. The second kappa shape index (κ2) is 9.07. The Morgan fingerprint density at radius 1 is 1.31 bits per heavy atom. The number of hydrogen-bond donors (Lipinski definition) is 2. The number of carbonyl (C=O) groups is 2. The van der Waals surface area contributed by atoms with Crippen molar-refractivity contribution in [2.45, 2.75) is 32.4 Å². The van der Waals surface area contributed by atoms with Crippen molar-refractivity contribution >= 4 is 28.7 Å². The third-order valence-corrected chi connectivity index (χ3v) is 5.38. The topological polar surface area (TPSA) is 59.8 Å². The smallest absolute Gasteiger partial charge is 0.279 e. The van der Waals surface area contributed by atoms with Crippen LogP contribution in [-0.2, 0) is 16.1 Å². The molecule has 1 aromatic heterocycles. The number of anilines is 1. The minimum atomic E-state index is -0.0461. The van der Waals surface area contributed by atoms with E-state index in [-0.39, 0.29) is 17.8 Å². The molecule has 2 aromatic rings. The highest BCUT2D eigenvalue weighted by atomic mass is 32.1. The first-order valence-electron chi connectivity index (χ1n) is 8.98. The number of quaternary nitrogens is 1. The molecule has 0 aliphatic carbocycles. The van der Waals surface area contributed by atoms with E-state index in [0.717, 1.165) is 32.5 Å². The summed E-state index contributed by atoms with van der Waals surface area (Å²) in [5.74, 6) is -0.0558. The summed E-state index contributed by atoms with van der Waals surface area (Å²) >= 11 is 1.71. The number of Topliss-reactive ketones (excluding diaryl/α,β-unsaturated/α-hetero) is 1. The molecule has 0 spiro atoms. The molecule has 0 saturated carbocycles. The van der Waals surface area contributed by atoms with Gasteiger partial charge in [0.05, 0.1) is 4.88 Å². The van der Waals surface area contributed by atoms with Crippen molar-refractivity contribution in [3.05, 3.63) is 52.2 Å². The molecule has 26 heavy (non-hydrogen) atoms. The monoisotopic (exact) mass is 373 g/mol. The van der Waals surface area contributed by atoms with Gasteiger partial charge in [-0.2, -0.15) is 0 Å². The summed E-state index contributed by atoms with van der Waals surface area (Å²) < 4.78 is 5.76. The van der Waals surface area contributed by atoms with Crippen molar-refractivity contribution in [1.82, 2.24) is 0 Å².